The molecule has 1 heterocycles. The minimum absolute atomic E-state index is 0.0733. The van der Waals surface area contributed by atoms with E-state index in [0.717, 1.165) is 23.5 Å². The average molecular weight is 250 g/mol. The van der Waals surface area contributed by atoms with Gasteiger partial charge in [-0.25, -0.2) is 0 Å². The number of hydrogen-bond donors (Lipinski definition) is 1. The van der Waals surface area contributed by atoms with Crippen LogP contribution in [0.1, 0.15) is 22.3 Å². The van der Waals surface area contributed by atoms with Gasteiger partial charge in [0, 0.05) is 30.1 Å². The van der Waals surface area contributed by atoms with Gasteiger partial charge in [0.05, 0.1) is 0 Å². The van der Waals surface area contributed by atoms with Crippen molar-refractivity contribution < 1.29 is 4.79 Å². The van der Waals surface area contributed by atoms with Crippen molar-refractivity contribution in [2.75, 3.05) is 24.3 Å². The number of rotatable bonds is 2. The molecule has 1 aromatic carbocycles. The van der Waals surface area contributed by atoms with E-state index in [1.807, 2.05) is 42.8 Å². The van der Waals surface area contributed by atoms with Gasteiger partial charge >= 0.3 is 0 Å². The van der Waals surface area contributed by atoms with E-state index in [4.69, 9.17) is 5.73 Å². The monoisotopic (exact) mass is 250 g/mol. The molecule has 1 aliphatic rings. The summed E-state index contributed by atoms with van der Waals surface area (Å²) < 4.78 is 0. The molecule has 0 aliphatic carbocycles. The van der Waals surface area contributed by atoms with Crippen LogP contribution in [0.2, 0.25) is 0 Å². The lowest BCUT2D eigenvalue weighted by Crippen LogP contribution is -2.37. The molecule has 4 heteroatoms. The third-order valence-electron chi connectivity index (χ3n) is 3.30. The first-order valence-electron chi connectivity index (χ1n) is 5.80. The van der Waals surface area contributed by atoms with Gasteiger partial charge in [-0.2, -0.15) is 11.8 Å². The van der Waals surface area contributed by atoms with E-state index in [1.54, 1.807) is 6.07 Å². The number of carbonyl (C=O) groups is 1. The Morgan fingerprint density at radius 3 is 2.88 bits per heavy atom. The molecule has 17 heavy (non-hydrogen) atoms. The lowest BCUT2D eigenvalue weighted by Gasteiger charge is -2.24. The van der Waals surface area contributed by atoms with Crippen molar-refractivity contribution in [3.05, 3.63) is 29.3 Å². The highest BCUT2D eigenvalue weighted by Gasteiger charge is 2.24. The van der Waals surface area contributed by atoms with Crippen LogP contribution >= 0.6 is 11.8 Å². The van der Waals surface area contributed by atoms with Crippen molar-refractivity contribution in [2.24, 2.45) is 0 Å². The van der Waals surface area contributed by atoms with Gasteiger partial charge in [0.1, 0.15) is 0 Å². The van der Waals surface area contributed by atoms with E-state index in [1.165, 1.54) is 0 Å². The first kappa shape index (κ1) is 12.3. The summed E-state index contributed by atoms with van der Waals surface area (Å²) in [6, 6.07) is 5.90. The number of benzene rings is 1. The minimum atomic E-state index is 0.0733. The maximum atomic E-state index is 12.3. The fourth-order valence-corrected chi connectivity index (χ4v) is 3.24. The molecule has 1 atom stereocenters. The molecule has 1 aromatic rings. The zero-order chi connectivity index (χ0) is 12.4. The largest absolute Gasteiger partial charge is 0.398 e. The first-order chi connectivity index (χ1) is 8.09. The Labute approximate surface area is 106 Å². The summed E-state index contributed by atoms with van der Waals surface area (Å²) in [6.07, 6.45) is 1.09. The number of amides is 1. The number of hydrogen-bond acceptors (Lipinski definition) is 3. The molecule has 1 saturated heterocycles. The van der Waals surface area contributed by atoms with Crippen LogP contribution in [-0.2, 0) is 0 Å². The minimum Gasteiger partial charge on any atom is -0.398 e. The van der Waals surface area contributed by atoms with Gasteiger partial charge in [-0.15, -0.1) is 0 Å². The van der Waals surface area contributed by atoms with Gasteiger partial charge < -0.3 is 10.6 Å². The molecule has 1 amide bonds. The highest BCUT2D eigenvalue weighted by molar-refractivity contribution is 7.99. The smallest absolute Gasteiger partial charge is 0.253 e. The topological polar surface area (TPSA) is 46.3 Å². The zero-order valence-electron chi connectivity index (χ0n) is 10.3. The van der Waals surface area contributed by atoms with E-state index in [9.17, 15) is 4.79 Å². The Balaban J connectivity index is 2.15. The van der Waals surface area contributed by atoms with Crippen molar-refractivity contribution in [1.82, 2.24) is 4.90 Å². The molecule has 0 radical (unpaired) electrons. The fourth-order valence-electron chi connectivity index (χ4n) is 1.97. The van der Waals surface area contributed by atoms with Gasteiger partial charge in [0.25, 0.3) is 5.91 Å². The van der Waals surface area contributed by atoms with Crippen molar-refractivity contribution >= 4 is 23.4 Å². The Kier molecular flexibility index (Phi) is 3.62. The summed E-state index contributed by atoms with van der Waals surface area (Å²) in [4.78, 5) is 14.1. The van der Waals surface area contributed by atoms with Crippen molar-refractivity contribution in [1.29, 1.82) is 0 Å². The Morgan fingerprint density at radius 2 is 2.29 bits per heavy atom. The predicted octanol–water partition coefficient (Wildman–Crippen LogP) is 2.15. The second-order valence-electron chi connectivity index (χ2n) is 4.50. The Morgan fingerprint density at radius 1 is 1.53 bits per heavy atom. The van der Waals surface area contributed by atoms with E-state index in [2.05, 4.69) is 0 Å². The zero-order valence-corrected chi connectivity index (χ0v) is 11.1. The SMILES string of the molecule is Cc1ccc(C(=O)N(C)C2CCSC2)cc1N. The van der Waals surface area contributed by atoms with E-state index in [-0.39, 0.29) is 5.91 Å². The molecule has 92 valence electrons. The van der Waals surface area contributed by atoms with E-state index in [0.29, 0.717) is 17.3 Å². The summed E-state index contributed by atoms with van der Waals surface area (Å²) in [5.74, 6) is 2.27. The number of thioether (sulfide) groups is 1. The number of nitrogen functional groups attached to an aromatic ring is 1. The van der Waals surface area contributed by atoms with Gasteiger partial charge in [-0.3, -0.25) is 4.79 Å². The summed E-state index contributed by atoms with van der Waals surface area (Å²) >= 11 is 1.91. The normalized spacial score (nSPS) is 19.3. The third kappa shape index (κ3) is 2.57. The lowest BCUT2D eigenvalue weighted by molar-refractivity contribution is 0.0748. The van der Waals surface area contributed by atoms with Crippen LogP contribution in [0.4, 0.5) is 5.69 Å². The van der Waals surface area contributed by atoms with Gasteiger partial charge in [-0.1, -0.05) is 6.07 Å². The maximum Gasteiger partial charge on any atom is 0.253 e. The van der Waals surface area contributed by atoms with E-state index < -0.39 is 0 Å². The van der Waals surface area contributed by atoms with Crippen molar-refractivity contribution in [3.8, 4) is 0 Å². The quantitative estimate of drug-likeness (QED) is 0.818. The van der Waals surface area contributed by atoms with Gasteiger partial charge in [-0.05, 0) is 36.8 Å². The molecule has 1 unspecified atom stereocenters. The summed E-state index contributed by atoms with van der Waals surface area (Å²) in [5.41, 5.74) is 8.22. The molecular formula is C13H18N2OS. The highest BCUT2D eigenvalue weighted by atomic mass is 32.2. The van der Waals surface area contributed by atoms with Crippen LogP contribution in [0.15, 0.2) is 18.2 Å². The molecule has 0 spiro atoms. The molecular weight excluding hydrogens is 232 g/mol. The fraction of sp³-hybridized carbons (Fsp3) is 0.462. The van der Waals surface area contributed by atoms with Crippen molar-refractivity contribution in [2.45, 2.75) is 19.4 Å². The summed E-state index contributed by atoms with van der Waals surface area (Å²) in [7, 11) is 1.88. The number of anilines is 1. The summed E-state index contributed by atoms with van der Waals surface area (Å²) in [6.45, 7) is 1.95. The predicted molar refractivity (Wildman–Crippen MR) is 73.4 cm³/mol. The molecule has 2 rings (SSSR count). The average Bonchev–Trinajstić information content (AvgIpc) is 2.84. The molecule has 0 saturated carbocycles. The molecule has 1 fully saturated rings. The molecule has 0 bridgehead atoms. The van der Waals surface area contributed by atoms with Gasteiger partial charge in [0.15, 0.2) is 0 Å². The Hall–Kier alpha value is -1.16. The summed E-state index contributed by atoms with van der Waals surface area (Å²) in [5, 5.41) is 0. The second-order valence-corrected chi connectivity index (χ2v) is 5.65. The lowest BCUT2D eigenvalue weighted by atomic mass is 10.1. The highest BCUT2D eigenvalue weighted by Crippen LogP contribution is 2.23. The standard InChI is InChI=1S/C13H18N2OS/c1-9-3-4-10(7-12(9)14)13(16)15(2)11-5-6-17-8-11/h3-4,7,11H,5-6,8,14H2,1-2H3. The second kappa shape index (κ2) is 5.00. The van der Waals surface area contributed by atoms with Crippen LogP contribution in [0.5, 0.6) is 0 Å². The molecule has 2 N–H and O–H groups in total. The van der Waals surface area contributed by atoms with Gasteiger partial charge in [0.2, 0.25) is 0 Å². The van der Waals surface area contributed by atoms with Crippen molar-refractivity contribution in [3.63, 3.8) is 0 Å². The number of nitrogens with zero attached hydrogens (tertiary/aromatic N) is 1. The van der Waals surface area contributed by atoms with Crippen LogP contribution in [0, 0.1) is 6.92 Å². The number of aryl methyl sites for hydroxylation is 1. The van der Waals surface area contributed by atoms with Crippen LogP contribution in [0.25, 0.3) is 0 Å². The first-order valence-corrected chi connectivity index (χ1v) is 6.96. The molecule has 3 nitrogen and oxygen atoms in total. The van der Waals surface area contributed by atoms with E-state index >= 15 is 0 Å². The third-order valence-corrected chi connectivity index (χ3v) is 4.44. The molecule has 0 aromatic heterocycles. The molecule has 1 aliphatic heterocycles. The Bertz CT molecular complexity index is 427. The number of nitrogens with two attached hydrogens (primary N) is 1. The maximum absolute atomic E-state index is 12.3. The van der Waals surface area contributed by atoms with Crippen LogP contribution in [0.3, 0.4) is 0 Å². The van der Waals surface area contributed by atoms with Crippen LogP contribution < -0.4 is 5.73 Å². The van der Waals surface area contributed by atoms with Crippen LogP contribution in [-0.4, -0.2) is 35.4 Å². The number of carbonyl (C=O) groups excluding carboxylic acids is 1.